The third kappa shape index (κ3) is 3.75. The van der Waals surface area contributed by atoms with Crippen LogP contribution in [0.4, 0.5) is 0 Å². The van der Waals surface area contributed by atoms with Crippen LogP contribution in [0, 0.1) is 0 Å². The van der Waals surface area contributed by atoms with Gasteiger partial charge in [-0.05, 0) is 69.2 Å². The van der Waals surface area contributed by atoms with Crippen molar-refractivity contribution in [3.63, 3.8) is 0 Å². The van der Waals surface area contributed by atoms with E-state index in [0.717, 1.165) is 18.6 Å². The summed E-state index contributed by atoms with van der Waals surface area (Å²) in [6.07, 6.45) is 5.30. The Labute approximate surface area is 121 Å². The fourth-order valence-electron chi connectivity index (χ4n) is 2.50. The molecule has 1 amide bonds. The zero-order valence-corrected chi connectivity index (χ0v) is 12.7. The fourth-order valence-corrected chi connectivity index (χ4v) is 2.50. The van der Waals surface area contributed by atoms with Crippen molar-refractivity contribution in [3.8, 4) is 5.75 Å². The molecule has 1 aliphatic rings. The highest BCUT2D eigenvalue weighted by Crippen LogP contribution is 2.25. The molecule has 1 aromatic carbocycles. The van der Waals surface area contributed by atoms with Gasteiger partial charge in [-0.25, -0.2) is 0 Å². The van der Waals surface area contributed by atoms with E-state index in [1.165, 1.54) is 30.4 Å². The van der Waals surface area contributed by atoms with E-state index in [1.807, 2.05) is 13.0 Å². The normalized spacial score (nSPS) is 16.9. The molecule has 0 radical (unpaired) electrons. The molecule has 0 heterocycles. The number of hydrogen-bond donors (Lipinski definition) is 1. The Morgan fingerprint density at radius 1 is 1.25 bits per heavy atom. The highest BCUT2D eigenvalue weighted by Gasteiger charge is 2.17. The van der Waals surface area contributed by atoms with Gasteiger partial charge < -0.3 is 10.1 Å². The molecule has 0 fully saturated rings. The summed E-state index contributed by atoms with van der Waals surface area (Å²) in [6.45, 7) is 5.86. The third-order valence-corrected chi connectivity index (χ3v) is 4.00. The van der Waals surface area contributed by atoms with Gasteiger partial charge in [0, 0.05) is 6.04 Å². The van der Waals surface area contributed by atoms with Crippen LogP contribution in [0.5, 0.6) is 5.75 Å². The fraction of sp³-hybridized carbons (Fsp3) is 0.588. The van der Waals surface area contributed by atoms with Gasteiger partial charge in [0.1, 0.15) is 5.75 Å². The van der Waals surface area contributed by atoms with Crippen LogP contribution in [-0.4, -0.2) is 18.1 Å². The highest BCUT2D eigenvalue weighted by atomic mass is 16.5. The quantitative estimate of drug-likeness (QED) is 0.896. The zero-order chi connectivity index (χ0) is 14.5. The van der Waals surface area contributed by atoms with Crippen molar-refractivity contribution in [3.05, 3.63) is 29.3 Å². The number of nitrogens with one attached hydrogen (secondary N) is 1. The van der Waals surface area contributed by atoms with E-state index in [9.17, 15) is 4.79 Å². The molecule has 0 unspecified atom stereocenters. The van der Waals surface area contributed by atoms with Crippen LogP contribution in [-0.2, 0) is 17.6 Å². The molecule has 20 heavy (non-hydrogen) atoms. The second-order valence-electron chi connectivity index (χ2n) is 5.72. The Morgan fingerprint density at radius 2 is 1.95 bits per heavy atom. The summed E-state index contributed by atoms with van der Waals surface area (Å²) >= 11 is 0. The first-order chi connectivity index (χ1) is 9.60. The smallest absolute Gasteiger partial charge is 0.260 e. The molecule has 2 rings (SSSR count). The van der Waals surface area contributed by atoms with Crippen LogP contribution in [0.2, 0.25) is 0 Å². The number of amides is 1. The maximum Gasteiger partial charge on any atom is 0.260 e. The minimum atomic E-state index is -0.453. The first-order valence-corrected chi connectivity index (χ1v) is 7.69. The van der Waals surface area contributed by atoms with Gasteiger partial charge in [0.15, 0.2) is 6.10 Å². The van der Waals surface area contributed by atoms with Crippen LogP contribution in [0.15, 0.2) is 18.2 Å². The number of hydrogen-bond acceptors (Lipinski definition) is 2. The summed E-state index contributed by atoms with van der Waals surface area (Å²) in [7, 11) is 0. The van der Waals surface area contributed by atoms with Gasteiger partial charge in [-0.1, -0.05) is 13.0 Å². The van der Waals surface area contributed by atoms with E-state index in [-0.39, 0.29) is 11.9 Å². The number of carbonyl (C=O) groups is 1. The Morgan fingerprint density at radius 3 is 2.65 bits per heavy atom. The van der Waals surface area contributed by atoms with Gasteiger partial charge in [0.25, 0.3) is 5.91 Å². The maximum atomic E-state index is 12.0. The van der Waals surface area contributed by atoms with Gasteiger partial charge in [-0.15, -0.1) is 0 Å². The lowest BCUT2D eigenvalue weighted by Gasteiger charge is -2.20. The number of aryl methyl sites for hydroxylation is 2. The molecule has 0 aliphatic heterocycles. The van der Waals surface area contributed by atoms with Crippen LogP contribution < -0.4 is 10.1 Å². The molecule has 2 atom stereocenters. The summed E-state index contributed by atoms with van der Waals surface area (Å²) < 4.78 is 5.78. The summed E-state index contributed by atoms with van der Waals surface area (Å²) in [4.78, 5) is 12.0. The van der Waals surface area contributed by atoms with Crippen molar-refractivity contribution in [2.24, 2.45) is 0 Å². The Kier molecular flexibility index (Phi) is 5.05. The monoisotopic (exact) mass is 275 g/mol. The van der Waals surface area contributed by atoms with Crippen LogP contribution >= 0.6 is 0 Å². The minimum absolute atomic E-state index is 0.0444. The highest BCUT2D eigenvalue weighted by molar-refractivity contribution is 5.80. The summed E-state index contributed by atoms with van der Waals surface area (Å²) in [6, 6.07) is 6.42. The van der Waals surface area contributed by atoms with Gasteiger partial charge in [-0.3, -0.25) is 4.79 Å². The zero-order valence-electron chi connectivity index (χ0n) is 12.7. The molecule has 1 N–H and O–H groups in total. The first-order valence-electron chi connectivity index (χ1n) is 7.69. The predicted octanol–water partition coefficient (Wildman–Crippen LogP) is 3.25. The van der Waals surface area contributed by atoms with E-state index in [2.05, 4.69) is 24.4 Å². The number of fused-ring (bicyclic) bond motifs is 1. The molecule has 1 aliphatic carbocycles. The molecule has 1 aromatic rings. The Bertz CT molecular complexity index is 470. The van der Waals surface area contributed by atoms with Crippen LogP contribution in [0.3, 0.4) is 0 Å². The topological polar surface area (TPSA) is 38.3 Å². The molecular weight excluding hydrogens is 250 g/mol. The van der Waals surface area contributed by atoms with Crippen molar-refractivity contribution in [1.29, 1.82) is 0 Å². The summed E-state index contributed by atoms with van der Waals surface area (Å²) in [5.41, 5.74) is 2.81. The summed E-state index contributed by atoms with van der Waals surface area (Å²) in [5.74, 6) is 0.759. The first kappa shape index (κ1) is 14.9. The van der Waals surface area contributed by atoms with Crippen molar-refractivity contribution in [2.45, 2.75) is 65.0 Å². The third-order valence-electron chi connectivity index (χ3n) is 4.00. The lowest BCUT2D eigenvalue weighted by atomic mass is 9.92. The van der Waals surface area contributed by atoms with Gasteiger partial charge >= 0.3 is 0 Å². The second kappa shape index (κ2) is 6.78. The molecule has 3 nitrogen and oxygen atoms in total. The lowest BCUT2D eigenvalue weighted by molar-refractivity contribution is -0.127. The minimum Gasteiger partial charge on any atom is -0.481 e. The van der Waals surface area contributed by atoms with E-state index in [0.29, 0.717) is 0 Å². The van der Waals surface area contributed by atoms with E-state index in [4.69, 9.17) is 4.74 Å². The molecular formula is C17H25NO2. The van der Waals surface area contributed by atoms with Crippen molar-refractivity contribution >= 4 is 5.91 Å². The SMILES string of the molecule is CC[C@@H](C)NC(=O)[C@@H](C)Oc1ccc2c(c1)CCCC2. The average molecular weight is 275 g/mol. The standard InChI is InChI=1S/C17H25NO2/c1-4-12(2)18-17(19)13(3)20-16-10-9-14-7-5-6-8-15(14)11-16/h9-13H,4-8H2,1-3H3,(H,18,19)/t12-,13-/m1/s1. The predicted molar refractivity (Wildman–Crippen MR) is 81.1 cm³/mol. The molecule has 110 valence electrons. The Balaban J connectivity index is 1.97. The number of carbonyl (C=O) groups excluding carboxylic acids is 1. The van der Waals surface area contributed by atoms with Crippen LogP contribution in [0.25, 0.3) is 0 Å². The van der Waals surface area contributed by atoms with Gasteiger partial charge in [0.2, 0.25) is 0 Å². The maximum absolute atomic E-state index is 12.0. The molecule has 0 saturated heterocycles. The van der Waals surface area contributed by atoms with E-state index < -0.39 is 6.10 Å². The lowest BCUT2D eigenvalue weighted by Crippen LogP contribution is -2.41. The summed E-state index contributed by atoms with van der Waals surface area (Å²) in [5, 5.41) is 2.95. The number of benzene rings is 1. The number of ether oxygens (including phenoxy) is 1. The van der Waals surface area contributed by atoms with Gasteiger partial charge in [-0.2, -0.15) is 0 Å². The van der Waals surface area contributed by atoms with Crippen molar-refractivity contribution in [2.75, 3.05) is 0 Å². The van der Waals surface area contributed by atoms with E-state index in [1.54, 1.807) is 6.92 Å². The van der Waals surface area contributed by atoms with Crippen LogP contribution in [0.1, 0.15) is 51.2 Å². The molecule has 3 heteroatoms. The molecule has 0 saturated carbocycles. The van der Waals surface area contributed by atoms with Crippen molar-refractivity contribution < 1.29 is 9.53 Å². The second-order valence-corrected chi connectivity index (χ2v) is 5.72. The molecule has 0 bridgehead atoms. The van der Waals surface area contributed by atoms with Gasteiger partial charge in [0.05, 0.1) is 0 Å². The Hall–Kier alpha value is -1.51. The molecule has 0 spiro atoms. The largest absolute Gasteiger partial charge is 0.481 e. The molecule has 0 aromatic heterocycles. The van der Waals surface area contributed by atoms with E-state index >= 15 is 0 Å². The average Bonchev–Trinajstić information content (AvgIpc) is 2.46. The number of rotatable bonds is 5. The van der Waals surface area contributed by atoms with Crippen molar-refractivity contribution in [1.82, 2.24) is 5.32 Å².